The van der Waals surface area contributed by atoms with Gasteiger partial charge in [0.05, 0.1) is 19.3 Å². The molecule has 0 bridgehead atoms. The van der Waals surface area contributed by atoms with E-state index >= 15 is 0 Å². The second-order valence-electron chi connectivity index (χ2n) is 3.90. The van der Waals surface area contributed by atoms with Crippen LogP contribution < -0.4 is 9.64 Å². The number of rotatable bonds is 4. The Morgan fingerprint density at radius 3 is 2.72 bits per heavy atom. The van der Waals surface area contributed by atoms with Crippen LogP contribution in [0.2, 0.25) is 5.15 Å². The van der Waals surface area contributed by atoms with Crippen LogP contribution in [0.15, 0.2) is 36.4 Å². The normalized spacial score (nSPS) is 10.2. The van der Waals surface area contributed by atoms with Crippen LogP contribution in [0.3, 0.4) is 0 Å². The first-order valence-electron chi connectivity index (χ1n) is 5.52. The number of methoxy groups -OCH3 is 1. The molecule has 2 rings (SSSR count). The van der Waals surface area contributed by atoms with Crippen molar-refractivity contribution in [1.29, 1.82) is 0 Å². The van der Waals surface area contributed by atoms with Crippen molar-refractivity contribution in [3.63, 3.8) is 0 Å². The van der Waals surface area contributed by atoms with Crippen molar-refractivity contribution < 1.29 is 4.74 Å². The van der Waals surface area contributed by atoms with Gasteiger partial charge in [-0.3, -0.25) is 0 Å². The molecule has 0 fully saturated rings. The van der Waals surface area contributed by atoms with Crippen molar-refractivity contribution in [2.75, 3.05) is 19.1 Å². The summed E-state index contributed by atoms with van der Waals surface area (Å²) in [5.41, 5.74) is 1.93. The molecular formula is C13H14ClN3O. The standard InChI is InChI=1S/C13H14ClN3O/c1-17(9-10-6-7-13(14)16-15-10)11-4-3-5-12(8-11)18-2/h3-8H,9H2,1-2H3. The van der Waals surface area contributed by atoms with Gasteiger partial charge in [0.15, 0.2) is 5.15 Å². The van der Waals surface area contributed by atoms with Crippen LogP contribution in [0.1, 0.15) is 5.69 Å². The number of aromatic nitrogens is 2. The Morgan fingerprint density at radius 2 is 2.06 bits per heavy atom. The summed E-state index contributed by atoms with van der Waals surface area (Å²) >= 11 is 5.70. The van der Waals surface area contributed by atoms with Crippen LogP contribution in [0.5, 0.6) is 5.75 Å². The highest BCUT2D eigenvalue weighted by Crippen LogP contribution is 2.20. The molecule has 1 aromatic heterocycles. The molecule has 5 heteroatoms. The van der Waals surface area contributed by atoms with Gasteiger partial charge in [0.1, 0.15) is 5.75 Å². The first kappa shape index (κ1) is 12.6. The van der Waals surface area contributed by atoms with Crippen molar-refractivity contribution in [3.8, 4) is 5.75 Å². The van der Waals surface area contributed by atoms with Gasteiger partial charge in [-0.05, 0) is 24.3 Å². The van der Waals surface area contributed by atoms with Crippen LogP contribution in [0.4, 0.5) is 5.69 Å². The molecule has 0 N–H and O–H groups in total. The van der Waals surface area contributed by atoms with Crippen molar-refractivity contribution in [3.05, 3.63) is 47.2 Å². The molecule has 2 aromatic rings. The van der Waals surface area contributed by atoms with E-state index in [-0.39, 0.29) is 0 Å². The van der Waals surface area contributed by atoms with Crippen LogP contribution in [-0.2, 0) is 6.54 Å². The Hall–Kier alpha value is -1.81. The van der Waals surface area contributed by atoms with E-state index in [2.05, 4.69) is 15.1 Å². The summed E-state index contributed by atoms with van der Waals surface area (Å²) in [6, 6.07) is 11.5. The fourth-order valence-electron chi connectivity index (χ4n) is 1.61. The Kier molecular flexibility index (Phi) is 3.99. The molecule has 1 aromatic carbocycles. The molecule has 0 aliphatic heterocycles. The molecule has 0 spiro atoms. The largest absolute Gasteiger partial charge is 0.497 e. The fraction of sp³-hybridized carbons (Fsp3) is 0.231. The summed E-state index contributed by atoms with van der Waals surface area (Å²) in [4.78, 5) is 2.07. The van der Waals surface area contributed by atoms with Crippen molar-refractivity contribution >= 4 is 17.3 Å². The number of hydrogen-bond acceptors (Lipinski definition) is 4. The molecule has 4 nitrogen and oxygen atoms in total. The average Bonchev–Trinajstić information content (AvgIpc) is 2.41. The maximum Gasteiger partial charge on any atom is 0.151 e. The first-order valence-corrected chi connectivity index (χ1v) is 5.90. The van der Waals surface area contributed by atoms with Gasteiger partial charge in [-0.15, -0.1) is 5.10 Å². The maximum absolute atomic E-state index is 5.70. The third-order valence-electron chi connectivity index (χ3n) is 2.58. The second-order valence-corrected chi connectivity index (χ2v) is 4.29. The third kappa shape index (κ3) is 3.11. The molecule has 18 heavy (non-hydrogen) atoms. The van der Waals surface area contributed by atoms with Gasteiger partial charge in [-0.2, -0.15) is 5.10 Å². The third-order valence-corrected chi connectivity index (χ3v) is 2.78. The van der Waals surface area contributed by atoms with Gasteiger partial charge in [-0.25, -0.2) is 0 Å². The zero-order valence-electron chi connectivity index (χ0n) is 10.3. The summed E-state index contributed by atoms with van der Waals surface area (Å²) in [6.07, 6.45) is 0. The predicted octanol–water partition coefficient (Wildman–Crippen LogP) is 2.78. The monoisotopic (exact) mass is 263 g/mol. The Balaban J connectivity index is 2.11. The summed E-state index contributed by atoms with van der Waals surface area (Å²) in [6.45, 7) is 0.664. The zero-order chi connectivity index (χ0) is 13.0. The van der Waals surface area contributed by atoms with E-state index in [4.69, 9.17) is 16.3 Å². The SMILES string of the molecule is COc1cccc(N(C)Cc2ccc(Cl)nn2)c1. The molecule has 0 radical (unpaired) electrons. The number of anilines is 1. The van der Waals surface area contributed by atoms with Gasteiger partial charge in [0.2, 0.25) is 0 Å². The Labute approximate surface area is 111 Å². The van der Waals surface area contributed by atoms with E-state index in [9.17, 15) is 0 Å². The highest BCUT2D eigenvalue weighted by atomic mass is 35.5. The topological polar surface area (TPSA) is 38.2 Å². The second kappa shape index (κ2) is 5.69. The van der Waals surface area contributed by atoms with E-state index in [1.54, 1.807) is 13.2 Å². The van der Waals surface area contributed by atoms with Gasteiger partial charge in [0.25, 0.3) is 0 Å². The highest BCUT2D eigenvalue weighted by molar-refractivity contribution is 6.29. The van der Waals surface area contributed by atoms with E-state index in [1.165, 1.54) is 0 Å². The van der Waals surface area contributed by atoms with Gasteiger partial charge in [-0.1, -0.05) is 17.7 Å². The molecule has 0 saturated heterocycles. The quantitative estimate of drug-likeness (QED) is 0.850. The number of hydrogen-bond donors (Lipinski definition) is 0. The fourth-order valence-corrected chi connectivity index (χ4v) is 1.71. The molecule has 0 atom stereocenters. The molecule has 0 aliphatic carbocycles. The lowest BCUT2D eigenvalue weighted by molar-refractivity contribution is 0.415. The van der Waals surface area contributed by atoms with Crippen LogP contribution in [-0.4, -0.2) is 24.4 Å². The van der Waals surface area contributed by atoms with E-state index in [1.807, 2.05) is 37.4 Å². The number of halogens is 1. The maximum atomic E-state index is 5.70. The van der Waals surface area contributed by atoms with Crippen LogP contribution >= 0.6 is 11.6 Å². The molecule has 0 unspecified atom stereocenters. The van der Waals surface area contributed by atoms with Crippen LogP contribution in [0.25, 0.3) is 0 Å². The lowest BCUT2D eigenvalue weighted by Gasteiger charge is -2.19. The van der Waals surface area contributed by atoms with Crippen molar-refractivity contribution in [1.82, 2.24) is 10.2 Å². The minimum absolute atomic E-state index is 0.405. The average molecular weight is 264 g/mol. The molecule has 0 aliphatic rings. The van der Waals surface area contributed by atoms with Crippen molar-refractivity contribution in [2.24, 2.45) is 0 Å². The molecule has 1 heterocycles. The van der Waals surface area contributed by atoms with Gasteiger partial charge >= 0.3 is 0 Å². The zero-order valence-corrected chi connectivity index (χ0v) is 11.1. The van der Waals surface area contributed by atoms with Crippen LogP contribution in [0, 0.1) is 0 Å². The smallest absolute Gasteiger partial charge is 0.151 e. The van der Waals surface area contributed by atoms with Crippen molar-refractivity contribution in [2.45, 2.75) is 6.54 Å². The molecular weight excluding hydrogens is 250 g/mol. The van der Waals surface area contributed by atoms with E-state index in [0.29, 0.717) is 11.7 Å². The van der Waals surface area contributed by atoms with E-state index < -0.39 is 0 Å². The Morgan fingerprint density at radius 1 is 1.22 bits per heavy atom. The predicted molar refractivity (Wildman–Crippen MR) is 72.1 cm³/mol. The summed E-state index contributed by atoms with van der Waals surface area (Å²) < 4.78 is 5.20. The number of benzene rings is 1. The summed E-state index contributed by atoms with van der Waals surface area (Å²) in [5.74, 6) is 0.835. The van der Waals surface area contributed by atoms with E-state index in [0.717, 1.165) is 17.1 Å². The molecule has 0 saturated carbocycles. The number of ether oxygens (including phenoxy) is 1. The van der Waals surface area contributed by atoms with Gasteiger partial charge < -0.3 is 9.64 Å². The lowest BCUT2D eigenvalue weighted by Crippen LogP contribution is -2.17. The highest BCUT2D eigenvalue weighted by Gasteiger charge is 2.04. The van der Waals surface area contributed by atoms with Gasteiger partial charge in [0, 0.05) is 18.8 Å². The molecule has 94 valence electrons. The number of nitrogens with zero attached hydrogens (tertiary/aromatic N) is 3. The summed E-state index contributed by atoms with van der Waals surface area (Å²) in [7, 11) is 3.65. The minimum atomic E-state index is 0.405. The molecule has 0 amide bonds. The summed E-state index contributed by atoms with van der Waals surface area (Å²) in [5, 5.41) is 8.26. The lowest BCUT2D eigenvalue weighted by atomic mass is 10.2. The first-order chi connectivity index (χ1) is 8.69. The minimum Gasteiger partial charge on any atom is -0.497 e. The Bertz CT molecular complexity index is 516.